The van der Waals surface area contributed by atoms with E-state index in [0.29, 0.717) is 0 Å². The Morgan fingerprint density at radius 1 is 1.20 bits per heavy atom. The second-order valence-electron chi connectivity index (χ2n) is 7.41. The van der Waals surface area contributed by atoms with Gasteiger partial charge in [0.2, 0.25) is 11.8 Å². The van der Waals surface area contributed by atoms with Gasteiger partial charge >= 0.3 is 0 Å². The van der Waals surface area contributed by atoms with E-state index in [1.54, 1.807) is 41.2 Å². The Bertz CT molecular complexity index is 1050. The monoisotopic (exact) mass is 407 g/mol. The van der Waals surface area contributed by atoms with Gasteiger partial charge in [0.1, 0.15) is 18.5 Å². The molecule has 0 radical (unpaired) electrons. The third kappa shape index (κ3) is 3.68. The van der Waals surface area contributed by atoms with Crippen LogP contribution in [0.3, 0.4) is 0 Å². The molecule has 30 heavy (non-hydrogen) atoms. The number of halogens is 1. The fraction of sp³-hybridized carbons (Fsp3) is 0.273. The van der Waals surface area contributed by atoms with Gasteiger partial charge in [-0.1, -0.05) is 24.3 Å². The van der Waals surface area contributed by atoms with Gasteiger partial charge in [0, 0.05) is 20.0 Å². The van der Waals surface area contributed by atoms with Crippen LogP contribution in [0.15, 0.2) is 61.2 Å². The SMILES string of the molecule is C[C@H](c1ccc(-n2cncn2)cc1)N(C)C(=O)[C@@H]1CC(=O)N(c2ccccc2F)C1. The van der Waals surface area contributed by atoms with Crippen molar-refractivity contribution in [2.45, 2.75) is 19.4 Å². The van der Waals surface area contributed by atoms with Crippen molar-refractivity contribution in [2.75, 3.05) is 18.5 Å². The van der Waals surface area contributed by atoms with Crippen LogP contribution in [0.1, 0.15) is 24.9 Å². The van der Waals surface area contributed by atoms with Gasteiger partial charge in [0.05, 0.1) is 23.3 Å². The van der Waals surface area contributed by atoms with E-state index in [4.69, 9.17) is 0 Å². The Morgan fingerprint density at radius 2 is 1.93 bits per heavy atom. The molecule has 1 saturated heterocycles. The molecule has 2 aromatic carbocycles. The minimum atomic E-state index is -0.501. The number of carbonyl (C=O) groups is 2. The normalized spacial score (nSPS) is 17.2. The molecule has 0 spiro atoms. The van der Waals surface area contributed by atoms with Gasteiger partial charge in [-0.05, 0) is 36.8 Å². The second kappa shape index (κ2) is 8.06. The Balaban J connectivity index is 1.45. The zero-order chi connectivity index (χ0) is 21.3. The molecule has 8 heteroatoms. The summed E-state index contributed by atoms with van der Waals surface area (Å²) in [4.78, 5) is 32.4. The molecule has 1 aliphatic rings. The summed E-state index contributed by atoms with van der Waals surface area (Å²) in [6.07, 6.45) is 3.17. The quantitative estimate of drug-likeness (QED) is 0.652. The molecule has 0 bridgehead atoms. The molecule has 1 aliphatic heterocycles. The lowest BCUT2D eigenvalue weighted by Crippen LogP contribution is -2.36. The van der Waals surface area contributed by atoms with Crippen molar-refractivity contribution in [3.05, 3.63) is 72.6 Å². The summed E-state index contributed by atoms with van der Waals surface area (Å²) in [5.74, 6) is -1.33. The summed E-state index contributed by atoms with van der Waals surface area (Å²) in [7, 11) is 1.73. The van der Waals surface area contributed by atoms with E-state index in [0.717, 1.165) is 11.3 Å². The standard InChI is InChI=1S/C22H22FN5O2/c1-15(16-7-9-18(10-8-16)28-14-24-13-25-28)26(2)22(30)17-11-21(29)27(12-17)20-6-4-3-5-19(20)23/h3-10,13-15,17H,11-12H2,1-2H3/t15-,17-/m1/s1. The molecule has 2 atom stereocenters. The third-order valence-corrected chi connectivity index (χ3v) is 5.60. The van der Waals surface area contributed by atoms with Crippen LogP contribution < -0.4 is 4.90 Å². The second-order valence-corrected chi connectivity index (χ2v) is 7.41. The first kappa shape index (κ1) is 19.8. The maximum absolute atomic E-state index is 14.1. The molecule has 1 aromatic heterocycles. The maximum Gasteiger partial charge on any atom is 0.228 e. The first-order valence-electron chi connectivity index (χ1n) is 9.72. The number of hydrogen-bond donors (Lipinski definition) is 0. The zero-order valence-electron chi connectivity index (χ0n) is 16.8. The molecular weight excluding hydrogens is 385 g/mol. The van der Waals surface area contributed by atoms with Crippen LogP contribution in [-0.4, -0.2) is 45.1 Å². The molecule has 3 aromatic rings. The molecular formula is C22H22FN5O2. The molecule has 1 fully saturated rings. The lowest BCUT2D eigenvalue weighted by Gasteiger charge is -2.28. The van der Waals surface area contributed by atoms with Crippen LogP contribution in [0, 0.1) is 11.7 Å². The Morgan fingerprint density at radius 3 is 2.60 bits per heavy atom. The van der Waals surface area contributed by atoms with Crippen LogP contribution in [-0.2, 0) is 9.59 Å². The molecule has 0 N–H and O–H groups in total. The third-order valence-electron chi connectivity index (χ3n) is 5.60. The average molecular weight is 407 g/mol. The van der Waals surface area contributed by atoms with Crippen molar-refractivity contribution in [2.24, 2.45) is 5.92 Å². The zero-order valence-corrected chi connectivity index (χ0v) is 16.8. The van der Waals surface area contributed by atoms with Crippen LogP contribution in [0.25, 0.3) is 5.69 Å². The van der Waals surface area contributed by atoms with E-state index < -0.39 is 11.7 Å². The minimum Gasteiger partial charge on any atom is -0.339 e. The summed E-state index contributed by atoms with van der Waals surface area (Å²) in [5.41, 5.74) is 2.06. The molecule has 2 heterocycles. The van der Waals surface area contributed by atoms with Crippen LogP contribution in [0.5, 0.6) is 0 Å². The number of para-hydroxylation sites is 1. The van der Waals surface area contributed by atoms with Crippen LogP contribution in [0.2, 0.25) is 0 Å². The van der Waals surface area contributed by atoms with Crippen molar-refractivity contribution in [3.63, 3.8) is 0 Å². The van der Waals surface area contributed by atoms with Gasteiger partial charge in [0.25, 0.3) is 0 Å². The summed E-state index contributed by atoms with van der Waals surface area (Å²) in [6, 6.07) is 13.7. The van der Waals surface area contributed by atoms with E-state index in [2.05, 4.69) is 10.1 Å². The molecule has 0 saturated carbocycles. The van der Waals surface area contributed by atoms with Gasteiger partial charge < -0.3 is 9.80 Å². The molecule has 7 nitrogen and oxygen atoms in total. The van der Waals surface area contributed by atoms with Crippen molar-refractivity contribution in [3.8, 4) is 5.69 Å². The molecule has 4 rings (SSSR count). The molecule has 154 valence electrons. The number of nitrogens with zero attached hydrogens (tertiary/aromatic N) is 5. The van der Waals surface area contributed by atoms with E-state index in [9.17, 15) is 14.0 Å². The highest BCUT2D eigenvalue weighted by Gasteiger charge is 2.38. The minimum absolute atomic E-state index is 0.0788. The number of anilines is 1. The van der Waals surface area contributed by atoms with Crippen molar-refractivity contribution in [1.82, 2.24) is 19.7 Å². The Kier molecular flexibility index (Phi) is 5.31. The smallest absolute Gasteiger partial charge is 0.228 e. The Labute approximate surface area is 173 Å². The number of carbonyl (C=O) groups excluding carboxylic acids is 2. The lowest BCUT2D eigenvalue weighted by atomic mass is 10.0. The topological polar surface area (TPSA) is 71.3 Å². The number of rotatable bonds is 5. The summed E-state index contributed by atoms with van der Waals surface area (Å²) in [6.45, 7) is 2.12. The Hall–Kier alpha value is -3.55. The highest BCUT2D eigenvalue weighted by molar-refractivity contribution is 6.00. The predicted octanol–water partition coefficient (Wildman–Crippen LogP) is 2.98. The summed E-state index contributed by atoms with van der Waals surface area (Å²) in [5, 5.41) is 4.10. The maximum atomic E-state index is 14.1. The van der Waals surface area contributed by atoms with Crippen LogP contribution in [0.4, 0.5) is 10.1 Å². The van der Waals surface area contributed by atoms with Crippen LogP contribution >= 0.6 is 0 Å². The largest absolute Gasteiger partial charge is 0.339 e. The fourth-order valence-electron chi connectivity index (χ4n) is 3.73. The molecule has 0 aliphatic carbocycles. The van der Waals surface area contributed by atoms with Gasteiger partial charge in [-0.25, -0.2) is 14.1 Å². The molecule has 0 unspecified atom stereocenters. The van der Waals surface area contributed by atoms with Gasteiger partial charge in [0.15, 0.2) is 0 Å². The highest BCUT2D eigenvalue weighted by Crippen LogP contribution is 2.30. The summed E-state index contributed by atoms with van der Waals surface area (Å²) >= 11 is 0. The fourth-order valence-corrected chi connectivity index (χ4v) is 3.73. The predicted molar refractivity (Wildman–Crippen MR) is 109 cm³/mol. The number of aromatic nitrogens is 3. The summed E-state index contributed by atoms with van der Waals surface area (Å²) < 4.78 is 15.7. The van der Waals surface area contributed by atoms with Crippen molar-refractivity contribution in [1.29, 1.82) is 0 Å². The van der Waals surface area contributed by atoms with Gasteiger partial charge in [-0.2, -0.15) is 5.10 Å². The van der Waals surface area contributed by atoms with Crippen molar-refractivity contribution >= 4 is 17.5 Å². The van der Waals surface area contributed by atoms with E-state index in [1.165, 1.54) is 17.3 Å². The van der Waals surface area contributed by atoms with E-state index >= 15 is 0 Å². The number of amides is 2. The lowest BCUT2D eigenvalue weighted by molar-refractivity contribution is -0.136. The highest BCUT2D eigenvalue weighted by atomic mass is 19.1. The van der Waals surface area contributed by atoms with Crippen molar-refractivity contribution < 1.29 is 14.0 Å². The molecule has 2 amide bonds. The average Bonchev–Trinajstić information content (AvgIpc) is 3.43. The van der Waals surface area contributed by atoms with E-state index in [1.807, 2.05) is 31.2 Å². The van der Waals surface area contributed by atoms with E-state index in [-0.39, 0.29) is 36.5 Å². The first-order valence-corrected chi connectivity index (χ1v) is 9.72. The number of benzene rings is 2. The first-order chi connectivity index (χ1) is 14.5. The number of hydrogen-bond acceptors (Lipinski definition) is 4. The van der Waals surface area contributed by atoms with Gasteiger partial charge in [-0.15, -0.1) is 0 Å². The van der Waals surface area contributed by atoms with Gasteiger partial charge in [-0.3, -0.25) is 9.59 Å².